The van der Waals surface area contributed by atoms with Gasteiger partial charge in [-0.05, 0) is 31.2 Å². The Balaban J connectivity index is 1.64. The largest absolute Gasteiger partial charge is 0.492 e. The van der Waals surface area contributed by atoms with Crippen LogP contribution < -0.4 is 24.2 Å². The maximum Gasteiger partial charge on any atom is 0.241 e. The molecule has 0 aliphatic carbocycles. The molecule has 0 atom stereocenters. The van der Waals surface area contributed by atoms with Crippen LogP contribution in [0.5, 0.6) is 17.2 Å². The number of fused-ring (bicyclic) bond motifs is 1. The number of amides is 1. The van der Waals surface area contributed by atoms with Gasteiger partial charge in [-0.15, -0.1) is 0 Å². The monoisotopic (exact) mass is 392 g/mol. The highest BCUT2D eigenvalue weighted by Crippen LogP contribution is 2.32. The molecule has 0 saturated heterocycles. The first-order valence-electron chi connectivity index (χ1n) is 8.40. The normalized spacial score (nSPS) is 13.1. The molecule has 27 heavy (non-hydrogen) atoms. The number of carbonyl (C=O) groups excluding carboxylic acids is 1. The number of rotatable bonds is 7. The molecule has 2 N–H and O–H groups in total. The van der Waals surface area contributed by atoms with Crippen LogP contribution in [0.2, 0.25) is 0 Å². The summed E-state index contributed by atoms with van der Waals surface area (Å²) in [7, 11) is -3.88. The molecular formula is C18H20N2O6S. The summed E-state index contributed by atoms with van der Waals surface area (Å²) in [6.07, 6.45) is 0. The van der Waals surface area contributed by atoms with Crippen molar-refractivity contribution in [1.82, 2.24) is 4.72 Å². The summed E-state index contributed by atoms with van der Waals surface area (Å²) in [5.74, 6) is 0.857. The maximum atomic E-state index is 12.4. The molecule has 0 radical (unpaired) electrons. The number of nitrogens with one attached hydrogen (secondary N) is 2. The van der Waals surface area contributed by atoms with Gasteiger partial charge in [-0.3, -0.25) is 4.79 Å². The second-order valence-electron chi connectivity index (χ2n) is 5.61. The quantitative estimate of drug-likeness (QED) is 0.745. The number of para-hydroxylation sites is 2. The number of carbonyl (C=O) groups is 1. The Hall–Kier alpha value is -2.78. The SMILES string of the molecule is CCOc1ccccc1NC(=O)CNS(=O)(=O)c1ccc2c(c1)OCCO2. The van der Waals surface area contributed by atoms with E-state index in [-0.39, 0.29) is 4.90 Å². The van der Waals surface area contributed by atoms with E-state index in [2.05, 4.69) is 10.0 Å². The van der Waals surface area contributed by atoms with Gasteiger partial charge in [-0.2, -0.15) is 0 Å². The van der Waals surface area contributed by atoms with E-state index in [9.17, 15) is 13.2 Å². The van der Waals surface area contributed by atoms with E-state index in [1.807, 2.05) is 6.92 Å². The van der Waals surface area contributed by atoms with Crippen LogP contribution in [0.4, 0.5) is 5.69 Å². The molecule has 0 fully saturated rings. The first-order chi connectivity index (χ1) is 13.0. The summed E-state index contributed by atoms with van der Waals surface area (Å²) in [5, 5.41) is 2.63. The fourth-order valence-corrected chi connectivity index (χ4v) is 3.48. The molecule has 144 valence electrons. The number of hydrogen-bond acceptors (Lipinski definition) is 6. The fourth-order valence-electron chi connectivity index (χ4n) is 2.48. The molecular weight excluding hydrogens is 372 g/mol. The fraction of sp³-hybridized carbons (Fsp3) is 0.278. The highest BCUT2D eigenvalue weighted by atomic mass is 32.2. The molecule has 0 saturated carbocycles. The molecule has 9 heteroatoms. The van der Waals surface area contributed by atoms with Crippen molar-refractivity contribution in [2.45, 2.75) is 11.8 Å². The molecule has 0 unspecified atom stereocenters. The predicted octanol–water partition coefficient (Wildman–Crippen LogP) is 1.77. The van der Waals surface area contributed by atoms with Crippen molar-refractivity contribution < 1.29 is 27.4 Å². The Bertz CT molecular complexity index is 929. The minimum Gasteiger partial charge on any atom is -0.492 e. The van der Waals surface area contributed by atoms with E-state index in [4.69, 9.17) is 14.2 Å². The minimum atomic E-state index is -3.88. The van der Waals surface area contributed by atoms with E-state index in [0.29, 0.717) is 42.8 Å². The van der Waals surface area contributed by atoms with Gasteiger partial charge in [0.15, 0.2) is 11.5 Å². The van der Waals surface area contributed by atoms with Crippen LogP contribution in [0.15, 0.2) is 47.4 Å². The second kappa shape index (κ2) is 8.28. The zero-order valence-corrected chi connectivity index (χ0v) is 15.5. The van der Waals surface area contributed by atoms with Crippen LogP contribution in [0.25, 0.3) is 0 Å². The van der Waals surface area contributed by atoms with Crippen molar-refractivity contribution in [3.63, 3.8) is 0 Å². The standard InChI is InChI=1S/C18H20N2O6S/c1-2-24-15-6-4-3-5-14(15)20-18(21)12-19-27(22,23)13-7-8-16-17(11-13)26-10-9-25-16/h3-8,11,19H,2,9-10,12H2,1H3,(H,20,21). The lowest BCUT2D eigenvalue weighted by atomic mass is 10.3. The van der Waals surface area contributed by atoms with Gasteiger partial charge in [0, 0.05) is 6.07 Å². The number of benzene rings is 2. The van der Waals surface area contributed by atoms with Crippen LogP contribution in [-0.2, 0) is 14.8 Å². The van der Waals surface area contributed by atoms with Gasteiger partial charge in [-0.1, -0.05) is 12.1 Å². The number of sulfonamides is 1. The maximum absolute atomic E-state index is 12.4. The van der Waals surface area contributed by atoms with Crippen LogP contribution in [-0.4, -0.2) is 40.7 Å². The van der Waals surface area contributed by atoms with E-state index >= 15 is 0 Å². The summed E-state index contributed by atoms with van der Waals surface area (Å²) in [6, 6.07) is 11.2. The van der Waals surface area contributed by atoms with Crippen LogP contribution in [0.3, 0.4) is 0 Å². The Kier molecular flexibility index (Phi) is 5.82. The molecule has 2 aromatic rings. The average Bonchev–Trinajstić information content (AvgIpc) is 2.68. The van der Waals surface area contributed by atoms with Crippen LogP contribution in [0.1, 0.15) is 6.92 Å². The molecule has 1 amide bonds. The van der Waals surface area contributed by atoms with Gasteiger partial charge in [-0.25, -0.2) is 13.1 Å². The van der Waals surface area contributed by atoms with Gasteiger partial charge >= 0.3 is 0 Å². The number of ether oxygens (including phenoxy) is 3. The van der Waals surface area contributed by atoms with E-state index < -0.39 is 22.5 Å². The van der Waals surface area contributed by atoms with Gasteiger partial charge < -0.3 is 19.5 Å². The van der Waals surface area contributed by atoms with E-state index in [0.717, 1.165) is 0 Å². The smallest absolute Gasteiger partial charge is 0.241 e. The molecule has 1 heterocycles. The molecule has 0 spiro atoms. The van der Waals surface area contributed by atoms with E-state index in [1.165, 1.54) is 18.2 Å². The summed E-state index contributed by atoms with van der Waals surface area (Å²) in [6.45, 7) is 2.63. The second-order valence-corrected chi connectivity index (χ2v) is 7.37. The lowest BCUT2D eigenvalue weighted by Gasteiger charge is -2.19. The Morgan fingerprint density at radius 2 is 1.85 bits per heavy atom. The Labute approximate surface area is 157 Å². The van der Waals surface area contributed by atoms with Crippen LogP contribution in [0, 0.1) is 0 Å². The third-order valence-electron chi connectivity index (χ3n) is 3.71. The summed E-state index contributed by atoms with van der Waals surface area (Å²) in [5.41, 5.74) is 0.475. The number of anilines is 1. The zero-order chi connectivity index (χ0) is 19.3. The highest BCUT2D eigenvalue weighted by molar-refractivity contribution is 7.89. The predicted molar refractivity (Wildman–Crippen MR) is 98.9 cm³/mol. The minimum absolute atomic E-state index is 0.00531. The molecule has 1 aliphatic heterocycles. The molecule has 1 aliphatic rings. The molecule has 8 nitrogen and oxygen atoms in total. The summed E-state index contributed by atoms with van der Waals surface area (Å²) < 4.78 is 43.3. The summed E-state index contributed by atoms with van der Waals surface area (Å²) in [4.78, 5) is 12.1. The van der Waals surface area contributed by atoms with Crippen molar-refractivity contribution in [1.29, 1.82) is 0 Å². The first kappa shape index (κ1) is 19.0. The van der Waals surface area contributed by atoms with Crippen molar-refractivity contribution in [3.8, 4) is 17.2 Å². The van der Waals surface area contributed by atoms with Crippen molar-refractivity contribution in [2.24, 2.45) is 0 Å². The zero-order valence-electron chi connectivity index (χ0n) is 14.7. The van der Waals surface area contributed by atoms with E-state index in [1.54, 1.807) is 24.3 Å². The lowest BCUT2D eigenvalue weighted by Crippen LogP contribution is -2.33. The Morgan fingerprint density at radius 3 is 2.63 bits per heavy atom. The lowest BCUT2D eigenvalue weighted by molar-refractivity contribution is -0.115. The van der Waals surface area contributed by atoms with Crippen molar-refractivity contribution >= 4 is 21.6 Å². The molecule has 0 aromatic heterocycles. The highest BCUT2D eigenvalue weighted by Gasteiger charge is 2.20. The third-order valence-corrected chi connectivity index (χ3v) is 5.11. The Morgan fingerprint density at radius 1 is 1.11 bits per heavy atom. The third kappa shape index (κ3) is 4.69. The summed E-state index contributed by atoms with van der Waals surface area (Å²) >= 11 is 0. The molecule has 3 rings (SSSR count). The topological polar surface area (TPSA) is 103 Å². The van der Waals surface area contributed by atoms with Gasteiger partial charge in [0.05, 0.1) is 23.7 Å². The van der Waals surface area contributed by atoms with Gasteiger partial charge in [0.1, 0.15) is 19.0 Å². The van der Waals surface area contributed by atoms with Crippen LogP contribution >= 0.6 is 0 Å². The van der Waals surface area contributed by atoms with Gasteiger partial charge in [0.25, 0.3) is 0 Å². The average molecular weight is 392 g/mol. The van der Waals surface area contributed by atoms with Crippen molar-refractivity contribution in [2.75, 3.05) is 31.7 Å². The molecule has 0 bridgehead atoms. The van der Waals surface area contributed by atoms with Crippen molar-refractivity contribution in [3.05, 3.63) is 42.5 Å². The first-order valence-corrected chi connectivity index (χ1v) is 9.89. The van der Waals surface area contributed by atoms with Gasteiger partial charge in [0.2, 0.25) is 15.9 Å². The molecule has 2 aromatic carbocycles. The number of hydrogen-bond donors (Lipinski definition) is 2.